The van der Waals surface area contributed by atoms with Crippen LogP contribution in [0.3, 0.4) is 0 Å². The van der Waals surface area contributed by atoms with Gasteiger partial charge in [0.25, 0.3) is 0 Å². The van der Waals surface area contributed by atoms with Gasteiger partial charge in [0.15, 0.2) is 0 Å². The van der Waals surface area contributed by atoms with E-state index in [2.05, 4.69) is 82.6 Å². The number of hydrogen-bond acceptors (Lipinski definition) is 2. The lowest BCUT2D eigenvalue weighted by molar-refractivity contribution is -0.122. The molecule has 1 aliphatic heterocycles. The molecule has 1 amide bonds. The van der Waals surface area contributed by atoms with Gasteiger partial charge in [0.05, 0.1) is 0 Å². The predicted molar refractivity (Wildman–Crippen MR) is 114 cm³/mol. The first kappa shape index (κ1) is 18.8. The van der Waals surface area contributed by atoms with Crippen molar-refractivity contribution in [2.75, 3.05) is 13.1 Å². The molecule has 4 rings (SSSR count). The fourth-order valence-electron chi connectivity index (χ4n) is 4.25. The SMILES string of the molecule is Cn1cc(CCC(=O)NC2CCN(Cc3ccccc3)CC2)c2ccccc21. The fourth-order valence-corrected chi connectivity index (χ4v) is 4.25. The largest absolute Gasteiger partial charge is 0.353 e. The number of aromatic nitrogens is 1. The van der Waals surface area contributed by atoms with E-state index in [0.29, 0.717) is 12.5 Å². The molecule has 1 fully saturated rings. The van der Waals surface area contributed by atoms with Gasteiger partial charge >= 0.3 is 0 Å². The van der Waals surface area contributed by atoms with Gasteiger partial charge in [0, 0.05) is 56.2 Å². The Morgan fingerprint density at radius 2 is 1.75 bits per heavy atom. The highest BCUT2D eigenvalue weighted by atomic mass is 16.1. The number of hydrogen-bond donors (Lipinski definition) is 1. The molecule has 1 saturated heterocycles. The predicted octanol–water partition coefficient (Wildman–Crippen LogP) is 3.89. The second-order valence-corrected chi connectivity index (χ2v) is 7.89. The number of amides is 1. The Hall–Kier alpha value is -2.59. The lowest BCUT2D eigenvalue weighted by atomic mass is 10.0. The number of benzene rings is 2. The standard InChI is InChI=1S/C24H29N3O/c1-26-18-20(22-9-5-6-10-23(22)26)11-12-24(28)25-21-13-15-27(16-14-21)17-19-7-3-2-4-8-19/h2-10,18,21H,11-17H2,1H3,(H,25,28). The molecule has 0 aliphatic carbocycles. The number of nitrogens with zero attached hydrogens (tertiary/aromatic N) is 2. The zero-order chi connectivity index (χ0) is 19.3. The van der Waals surface area contributed by atoms with Crippen LogP contribution in [0.5, 0.6) is 0 Å². The number of fused-ring (bicyclic) bond motifs is 1. The Labute approximate surface area is 167 Å². The van der Waals surface area contributed by atoms with Crippen LogP contribution in [-0.2, 0) is 24.8 Å². The molecule has 3 aromatic rings. The summed E-state index contributed by atoms with van der Waals surface area (Å²) in [7, 11) is 2.06. The molecule has 0 saturated carbocycles. The van der Waals surface area contributed by atoms with Gasteiger partial charge in [-0.15, -0.1) is 0 Å². The lowest BCUT2D eigenvalue weighted by Crippen LogP contribution is -2.44. The van der Waals surface area contributed by atoms with Gasteiger partial charge in [0.2, 0.25) is 5.91 Å². The minimum absolute atomic E-state index is 0.175. The molecule has 1 aromatic heterocycles. The molecule has 146 valence electrons. The number of carbonyl (C=O) groups excluding carboxylic acids is 1. The highest BCUT2D eigenvalue weighted by Crippen LogP contribution is 2.21. The van der Waals surface area contributed by atoms with Crippen molar-refractivity contribution in [1.82, 2.24) is 14.8 Å². The summed E-state index contributed by atoms with van der Waals surface area (Å²) in [6.07, 6.45) is 5.57. The number of para-hydroxylation sites is 1. The Balaban J connectivity index is 1.23. The topological polar surface area (TPSA) is 37.3 Å². The third kappa shape index (κ3) is 4.45. The molecule has 0 unspecified atom stereocenters. The van der Waals surface area contributed by atoms with E-state index in [1.165, 1.54) is 22.0 Å². The van der Waals surface area contributed by atoms with Crippen molar-refractivity contribution in [3.05, 3.63) is 71.9 Å². The molecule has 2 aromatic carbocycles. The van der Waals surface area contributed by atoms with Crippen molar-refractivity contribution in [3.8, 4) is 0 Å². The number of rotatable bonds is 6. The van der Waals surface area contributed by atoms with Gasteiger partial charge in [-0.25, -0.2) is 0 Å². The van der Waals surface area contributed by atoms with Crippen LogP contribution in [0.1, 0.15) is 30.4 Å². The van der Waals surface area contributed by atoms with Gasteiger partial charge in [0.1, 0.15) is 0 Å². The quantitative estimate of drug-likeness (QED) is 0.710. The number of aryl methyl sites for hydroxylation is 2. The minimum Gasteiger partial charge on any atom is -0.353 e. The van der Waals surface area contributed by atoms with Crippen LogP contribution < -0.4 is 5.32 Å². The number of piperidine rings is 1. The van der Waals surface area contributed by atoms with Crippen LogP contribution in [-0.4, -0.2) is 34.5 Å². The third-order valence-corrected chi connectivity index (χ3v) is 5.80. The van der Waals surface area contributed by atoms with Crippen LogP contribution in [0.2, 0.25) is 0 Å². The summed E-state index contributed by atoms with van der Waals surface area (Å²) in [5, 5.41) is 4.51. The molecule has 28 heavy (non-hydrogen) atoms. The Morgan fingerprint density at radius 3 is 2.54 bits per heavy atom. The smallest absolute Gasteiger partial charge is 0.220 e. The zero-order valence-corrected chi connectivity index (χ0v) is 16.6. The zero-order valence-electron chi connectivity index (χ0n) is 16.6. The van der Waals surface area contributed by atoms with E-state index in [-0.39, 0.29) is 5.91 Å². The van der Waals surface area contributed by atoms with E-state index in [1.807, 2.05) is 0 Å². The highest BCUT2D eigenvalue weighted by molar-refractivity contribution is 5.85. The molecular formula is C24H29N3O. The lowest BCUT2D eigenvalue weighted by Gasteiger charge is -2.32. The average molecular weight is 376 g/mol. The second-order valence-electron chi connectivity index (χ2n) is 7.89. The van der Waals surface area contributed by atoms with Gasteiger partial charge in [-0.2, -0.15) is 0 Å². The molecule has 0 radical (unpaired) electrons. The number of likely N-dealkylation sites (tertiary alicyclic amines) is 1. The van der Waals surface area contributed by atoms with Gasteiger partial charge in [-0.1, -0.05) is 48.5 Å². The van der Waals surface area contributed by atoms with Crippen LogP contribution in [0.15, 0.2) is 60.8 Å². The molecule has 1 aliphatic rings. The molecule has 4 heteroatoms. The Bertz CT molecular complexity index is 923. The monoisotopic (exact) mass is 375 g/mol. The first-order chi connectivity index (χ1) is 13.7. The van der Waals surface area contributed by atoms with Crippen LogP contribution in [0, 0.1) is 0 Å². The van der Waals surface area contributed by atoms with E-state index in [0.717, 1.165) is 38.9 Å². The van der Waals surface area contributed by atoms with E-state index in [9.17, 15) is 4.79 Å². The summed E-state index contributed by atoms with van der Waals surface area (Å²) < 4.78 is 2.14. The summed E-state index contributed by atoms with van der Waals surface area (Å²) in [5.74, 6) is 0.175. The van der Waals surface area contributed by atoms with Gasteiger partial charge < -0.3 is 9.88 Å². The Kier molecular flexibility index (Phi) is 5.77. The molecular weight excluding hydrogens is 346 g/mol. The molecule has 2 heterocycles. The van der Waals surface area contributed by atoms with Crippen molar-refractivity contribution in [3.63, 3.8) is 0 Å². The van der Waals surface area contributed by atoms with Crippen molar-refractivity contribution >= 4 is 16.8 Å². The average Bonchev–Trinajstić information content (AvgIpc) is 3.05. The number of carbonyl (C=O) groups is 1. The maximum Gasteiger partial charge on any atom is 0.220 e. The summed E-state index contributed by atoms with van der Waals surface area (Å²) in [6.45, 7) is 3.09. The first-order valence-electron chi connectivity index (χ1n) is 10.3. The van der Waals surface area contributed by atoms with Crippen LogP contribution in [0.4, 0.5) is 0 Å². The fraction of sp³-hybridized carbons (Fsp3) is 0.375. The first-order valence-corrected chi connectivity index (χ1v) is 10.3. The van der Waals surface area contributed by atoms with Crippen LogP contribution >= 0.6 is 0 Å². The Morgan fingerprint density at radius 1 is 1.04 bits per heavy atom. The third-order valence-electron chi connectivity index (χ3n) is 5.80. The van der Waals surface area contributed by atoms with E-state index >= 15 is 0 Å². The van der Waals surface area contributed by atoms with Crippen molar-refractivity contribution in [2.24, 2.45) is 7.05 Å². The molecule has 0 atom stereocenters. The maximum absolute atomic E-state index is 12.5. The summed E-state index contributed by atoms with van der Waals surface area (Å²) in [4.78, 5) is 14.9. The number of nitrogens with one attached hydrogen (secondary N) is 1. The molecule has 1 N–H and O–H groups in total. The highest BCUT2D eigenvalue weighted by Gasteiger charge is 2.20. The van der Waals surface area contributed by atoms with Crippen molar-refractivity contribution in [2.45, 2.75) is 38.3 Å². The molecule has 4 nitrogen and oxygen atoms in total. The van der Waals surface area contributed by atoms with Gasteiger partial charge in [-0.3, -0.25) is 9.69 Å². The summed E-state index contributed by atoms with van der Waals surface area (Å²) in [6, 6.07) is 19.3. The minimum atomic E-state index is 0.175. The van der Waals surface area contributed by atoms with Crippen molar-refractivity contribution in [1.29, 1.82) is 0 Å². The molecule has 0 bridgehead atoms. The second kappa shape index (κ2) is 8.61. The maximum atomic E-state index is 12.5. The summed E-state index contributed by atoms with van der Waals surface area (Å²) >= 11 is 0. The molecule has 0 spiro atoms. The van der Waals surface area contributed by atoms with Crippen molar-refractivity contribution < 1.29 is 4.79 Å². The normalized spacial score (nSPS) is 15.8. The van der Waals surface area contributed by atoms with E-state index in [4.69, 9.17) is 0 Å². The summed E-state index contributed by atoms with van der Waals surface area (Å²) in [5.41, 5.74) is 3.84. The van der Waals surface area contributed by atoms with Crippen LogP contribution in [0.25, 0.3) is 10.9 Å². The van der Waals surface area contributed by atoms with Gasteiger partial charge in [-0.05, 0) is 36.5 Å². The van der Waals surface area contributed by atoms with E-state index < -0.39 is 0 Å². The van der Waals surface area contributed by atoms with E-state index in [1.54, 1.807) is 0 Å².